The molecule has 0 aliphatic rings. The molecule has 0 bridgehead atoms. The van der Waals surface area contributed by atoms with E-state index >= 15 is 0 Å². The summed E-state index contributed by atoms with van der Waals surface area (Å²) in [6, 6.07) is 34.2. The fourth-order valence-corrected chi connectivity index (χ4v) is 4.11. The van der Waals surface area contributed by atoms with Crippen molar-refractivity contribution in [3.8, 4) is 17.2 Å². The maximum absolute atomic E-state index is 9.36. The molecule has 4 aromatic rings. The number of ether oxygens (including phenoxy) is 3. The predicted octanol–water partition coefficient (Wildman–Crippen LogP) is 5.61. The highest BCUT2D eigenvalue weighted by molar-refractivity contribution is 5.52. The first-order valence-electron chi connectivity index (χ1n) is 10.9. The van der Waals surface area contributed by atoms with E-state index in [1.807, 2.05) is 66.7 Å². The Kier molecular flexibility index (Phi) is 6.96. The van der Waals surface area contributed by atoms with Crippen LogP contribution in [0.4, 0.5) is 0 Å². The van der Waals surface area contributed by atoms with Gasteiger partial charge in [0.25, 0.3) is 0 Å². The van der Waals surface area contributed by atoms with Crippen molar-refractivity contribution < 1.29 is 19.3 Å². The molecule has 4 aromatic carbocycles. The number of aliphatic hydroxyl groups is 1. The van der Waals surface area contributed by atoms with E-state index < -0.39 is 5.41 Å². The largest absolute Gasteiger partial charge is 0.497 e. The van der Waals surface area contributed by atoms with Gasteiger partial charge in [-0.3, -0.25) is 0 Å². The zero-order chi connectivity index (χ0) is 23.1. The van der Waals surface area contributed by atoms with Crippen molar-refractivity contribution in [2.45, 2.75) is 12.0 Å². The van der Waals surface area contributed by atoms with Crippen LogP contribution in [0.2, 0.25) is 0 Å². The smallest absolute Gasteiger partial charge is 0.119 e. The molecule has 0 amide bonds. The monoisotopic (exact) mass is 440 g/mol. The van der Waals surface area contributed by atoms with Gasteiger partial charge >= 0.3 is 0 Å². The zero-order valence-electron chi connectivity index (χ0n) is 18.9. The fraction of sp³-hybridized carbons (Fsp3) is 0.172. The van der Waals surface area contributed by atoms with Gasteiger partial charge in [0.05, 0.1) is 26.2 Å². The molecular weight excluding hydrogens is 412 g/mol. The number of benzene rings is 4. The molecule has 0 aliphatic heterocycles. The molecule has 0 saturated heterocycles. The Labute approximate surface area is 195 Å². The fourth-order valence-electron chi connectivity index (χ4n) is 4.11. The van der Waals surface area contributed by atoms with E-state index in [9.17, 15) is 5.11 Å². The van der Waals surface area contributed by atoms with Gasteiger partial charge in [0, 0.05) is 0 Å². The maximum Gasteiger partial charge on any atom is 0.119 e. The molecule has 0 aliphatic carbocycles. The molecule has 4 rings (SSSR count). The van der Waals surface area contributed by atoms with Crippen LogP contribution in [0.25, 0.3) is 0 Å². The molecule has 0 fully saturated rings. The average Bonchev–Trinajstić information content (AvgIpc) is 2.90. The molecule has 4 nitrogen and oxygen atoms in total. The van der Waals surface area contributed by atoms with Crippen molar-refractivity contribution >= 4 is 0 Å². The summed E-state index contributed by atoms with van der Waals surface area (Å²) in [5, 5.41) is 9.36. The Morgan fingerprint density at radius 2 is 1.03 bits per heavy atom. The highest BCUT2D eigenvalue weighted by Crippen LogP contribution is 2.41. The first-order chi connectivity index (χ1) is 16.2. The third-order valence-electron chi connectivity index (χ3n) is 5.99. The van der Waals surface area contributed by atoms with Crippen molar-refractivity contribution in [1.29, 1.82) is 0 Å². The molecule has 168 valence electrons. The summed E-state index contributed by atoms with van der Waals surface area (Å²) in [6.07, 6.45) is 0. The van der Waals surface area contributed by atoms with Gasteiger partial charge in [-0.15, -0.1) is 0 Å². The van der Waals surface area contributed by atoms with Crippen LogP contribution in [0.1, 0.15) is 22.3 Å². The van der Waals surface area contributed by atoms with Gasteiger partial charge in [0.1, 0.15) is 23.9 Å². The van der Waals surface area contributed by atoms with Crippen LogP contribution in [-0.2, 0) is 12.0 Å². The van der Waals surface area contributed by atoms with Crippen LogP contribution >= 0.6 is 0 Å². The van der Waals surface area contributed by atoms with E-state index in [-0.39, 0.29) is 6.61 Å². The van der Waals surface area contributed by atoms with Gasteiger partial charge in [-0.2, -0.15) is 0 Å². The minimum absolute atomic E-state index is 0.00588. The van der Waals surface area contributed by atoms with Crippen LogP contribution in [0.5, 0.6) is 17.2 Å². The van der Waals surface area contributed by atoms with Gasteiger partial charge in [0.15, 0.2) is 0 Å². The summed E-state index contributed by atoms with van der Waals surface area (Å²) in [6.45, 7) is 0.389. The number of hydrogen-bond acceptors (Lipinski definition) is 4. The molecule has 0 aromatic heterocycles. The van der Waals surface area contributed by atoms with Crippen LogP contribution < -0.4 is 14.2 Å². The summed E-state index contributed by atoms with van der Waals surface area (Å²) in [5.74, 6) is 2.35. The first kappa shape index (κ1) is 22.4. The predicted molar refractivity (Wildman–Crippen MR) is 130 cm³/mol. The lowest BCUT2D eigenvalue weighted by Gasteiger charge is -2.36. The van der Waals surface area contributed by atoms with Crippen LogP contribution in [0.3, 0.4) is 0 Å². The number of methoxy groups -OCH3 is 2. The van der Waals surface area contributed by atoms with Crippen molar-refractivity contribution in [2.75, 3.05) is 20.8 Å². The molecule has 0 saturated carbocycles. The summed E-state index contributed by atoms with van der Waals surface area (Å²) in [5.41, 5.74) is 3.57. The Morgan fingerprint density at radius 1 is 0.576 bits per heavy atom. The molecule has 0 atom stereocenters. The Morgan fingerprint density at radius 3 is 1.48 bits per heavy atom. The number of aliphatic hydroxyl groups excluding tert-OH is 1. The number of hydrogen-bond donors (Lipinski definition) is 1. The SMILES string of the molecule is COc1ccc(C(COc2ccc(CO)cc2)(c2ccccc2)c2ccc(OC)cc2)cc1. The topological polar surface area (TPSA) is 47.9 Å². The maximum atomic E-state index is 9.36. The summed E-state index contributed by atoms with van der Waals surface area (Å²) in [4.78, 5) is 0. The van der Waals surface area contributed by atoms with Crippen molar-refractivity contribution in [1.82, 2.24) is 0 Å². The second kappa shape index (κ2) is 10.2. The zero-order valence-corrected chi connectivity index (χ0v) is 18.9. The van der Waals surface area contributed by atoms with E-state index in [0.29, 0.717) is 6.61 Å². The third kappa shape index (κ3) is 4.71. The standard InChI is InChI=1S/C29H28O4/c1-31-26-16-10-24(11-17-26)29(23-6-4-3-5-7-23,25-12-18-27(32-2)19-13-25)21-33-28-14-8-22(20-30)9-15-28/h3-19,30H,20-21H2,1-2H3. The Balaban J connectivity index is 1.85. The second-order valence-electron chi connectivity index (χ2n) is 7.82. The Hall–Kier alpha value is -3.76. The summed E-state index contributed by atoms with van der Waals surface area (Å²) >= 11 is 0. The van der Waals surface area contributed by atoms with Crippen LogP contribution in [0, 0.1) is 0 Å². The second-order valence-corrected chi connectivity index (χ2v) is 7.82. The highest BCUT2D eigenvalue weighted by atomic mass is 16.5. The minimum atomic E-state index is -0.574. The lowest BCUT2D eigenvalue weighted by atomic mass is 9.70. The number of rotatable bonds is 9. The van der Waals surface area contributed by atoms with Gasteiger partial charge in [-0.25, -0.2) is 0 Å². The van der Waals surface area contributed by atoms with E-state index in [2.05, 4.69) is 36.4 Å². The normalized spacial score (nSPS) is 11.1. The van der Waals surface area contributed by atoms with E-state index in [4.69, 9.17) is 14.2 Å². The molecule has 1 N–H and O–H groups in total. The minimum Gasteiger partial charge on any atom is -0.497 e. The first-order valence-corrected chi connectivity index (χ1v) is 10.9. The quantitative estimate of drug-likeness (QED) is 0.344. The Bertz CT molecular complexity index is 1090. The average molecular weight is 441 g/mol. The highest BCUT2D eigenvalue weighted by Gasteiger charge is 2.37. The van der Waals surface area contributed by atoms with Gasteiger partial charge in [-0.05, 0) is 58.7 Å². The van der Waals surface area contributed by atoms with E-state index in [1.54, 1.807) is 14.2 Å². The molecule has 0 unspecified atom stereocenters. The molecule has 33 heavy (non-hydrogen) atoms. The summed E-state index contributed by atoms with van der Waals surface area (Å²) < 4.78 is 17.2. The molecule has 0 heterocycles. The molecule has 4 heteroatoms. The van der Waals surface area contributed by atoms with Crippen molar-refractivity contribution in [3.05, 3.63) is 125 Å². The van der Waals surface area contributed by atoms with E-state index in [0.717, 1.165) is 39.5 Å². The third-order valence-corrected chi connectivity index (χ3v) is 5.99. The van der Waals surface area contributed by atoms with Gasteiger partial charge < -0.3 is 19.3 Å². The summed E-state index contributed by atoms with van der Waals surface area (Å²) in [7, 11) is 3.34. The van der Waals surface area contributed by atoms with Gasteiger partial charge in [-0.1, -0.05) is 66.7 Å². The molecular formula is C29H28O4. The molecule has 0 spiro atoms. The van der Waals surface area contributed by atoms with Crippen molar-refractivity contribution in [3.63, 3.8) is 0 Å². The van der Waals surface area contributed by atoms with Gasteiger partial charge in [0.2, 0.25) is 0 Å². The van der Waals surface area contributed by atoms with E-state index in [1.165, 1.54) is 0 Å². The van der Waals surface area contributed by atoms with Crippen LogP contribution in [-0.4, -0.2) is 25.9 Å². The van der Waals surface area contributed by atoms with Crippen LogP contribution in [0.15, 0.2) is 103 Å². The van der Waals surface area contributed by atoms with Crippen molar-refractivity contribution in [2.24, 2.45) is 0 Å². The molecule has 0 radical (unpaired) electrons. The lowest BCUT2D eigenvalue weighted by Crippen LogP contribution is -2.36. The lowest BCUT2D eigenvalue weighted by molar-refractivity contribution is 0.264.